The van der Waals surface area contributed by atoms with Crippen molar-refractivity contribution in [3.8, 4) is 11.3 Å². The molecule has 0 aliphatic heterocycles. The highest BCUT2D eigenvalue weighted by molar-refractivity contribution is 6.30. The molecule has 0 radical (unpaired) electrons. The van der Waals surface area contributed by atoms with E-state index in [1.54, 1.807) is 24.3 Å². The van der Waals surface area contributed by atoms with E-state index in [1.165, 1.54) is 4.68 Å². The van der Waals surface area contributed by atoms with Crippen molar-refractivity contribution < 1.29 is 20.1 Å². The van der Waals surface area contributed by atoms with Gasteiger partial charge in [-0.1, -0.05) is 28.9 Å². The summed E-state index contributed by atoms with van der Waals surface area (Å²) in [6.45, 7) is -0.517. The van der Waals surface area contributed by atoms with Gasteiger partial charge in [0.15, 0.2) is 5.69 Å². The first-order valence-corrected chi connectivity index (χ1v) is 6.12. The van der Waals surface area contributed by atoms with Gasteiger partial charge in [0.05, 0.1) is 19.3 Å². The van der Waals surface area contributed by atoms with Gasteiger partial charge >= 0.3 is 5.97 Å². The largest absolute Gasteiger partial charge is 0.476 e. The lowest BCUT2D eigenvalue weighted by Gasteiger charge is -2.10. The molecule has 2 rings (SSSR count). The number of halogens is 1. The van der Waals surface area contributed by atoms with E-state index < -0.39 is 18.7 Å². The minimum Gasteiger partial charge on any atom is -0.476 e. The molecule has 0 bridgehead atoms. The van der Waals surface area contributed by atoms with Crippen LogP contribution >= 0.6 is 11.6 Å². The molecule has 0 aliphatic carbocycles. The van der Waals surface area contributed by atoms with Crippen molar-refractivity contribution in [2.24, 2.45) is 0 Å². The van der Waals surface area contributed by atoms with E-state index in [4.69, 9.17) is 21.8 Å². The van der Waals surface area contributed by atoms with Gasteiger partial charge in [-0.2, -0.15) is 0 Å². The molecule has 1 aromatic heterocycles. The van der Waals surface area contributed by atoms with Gasteiger partial charge in [-0.3, -0.25) is 0 Å². The van der Waals surface area contributed by atoms with Gasteiger partial charge in [-0.15, -0.1) is 5.10 Å². The number of aliphatic hydroxyl groups is 2. The molecular weight excluding hydrogens is 286 g/mol. The molecule has 0 aliphatic rings. The van der Waals surface area contributed by atoms with E-state index in [-0.39, 0.29) is 17.9 Å². The zero-order chi connectivity index (χ0) is 14.7. The maximum atomic E-state index is 11.2. The number of hydrogen-bond donors (Lipinski definition) is 3. The lowest BCUT2D eigenvalue weighted by atomic mass is 10.1. The molecule has 0 saturated carbocycles. The van der Waals surface area contributed by atoms with E-state index in [0.29, 0.717) is 10.6 Å². The van der Waals surface area contributed by atoms with Crippen molar-refractivity contribution >= 4 is 17.6 Å². The van der Waals surface area contributed by atoms with Gasteiger partial charge < -0.3 is 15.3 Å². The van der Waals surface area contributed by atoms with Crippen LogP contribution in [0.15, 0.2) is 24.3 Å². The van der Waals surface area contributed by atoms with Gasteiger partial charge in [0.25, 0.3) is 0 Å². The Morgan fingerprint density at radius 2 is 2.00 bits per heavy atom. The van der Waals surface area contributed by atoms with Gasteiger partial charge in [0.1, 0.15) is 5.69 Å². The molecule has 7 nitrogen and oxygen atoms in total. The van der Waals surface area contributed by atoms with Crippen molar-refractivity contribution in [3.63, 3.8) is 0 Å². The molecule has 1 heterocycles. The Labute approximate surface area is 119 Å². The van der Waals surface area contributed by atoms with Crippen LogP contribution in [0.5, 0.6) is 0 Å². The van der Waals surface area contributed by atoms with Crippen LogP contribution in [-0.2, 0) is 6.54 Å². The Hall–Kier alpha value is -1.96. The van der Waals surface area contributed by atoms with Gasteiger partial charge in [-0.05, 0) is 12.1 Å². The highest BCUT2D eigenvalue weighted by Crippen LogP contribution is 2.24. The molecule has 20 heavy (non-hydrogen) atoms. The number of carboxylic acids is 1. The van der Waals surface area contributed by atoms with Crippen LogP contribution in [0.4, 0.5) is 0 Å². The zero-order valence-electron chi connectivity index (χ0n) is 10.3. The van der Waals surface area contributed by atoms with Crippen molar-refractivity contribution in [2.75, 3.05) is 6.61 Å². The standard InChI is InChI=1S/C12H12ClN3O4/c13-8-3-1-7(2-4-8)11-10(12(19)20)14-15-16(11)5-9(18)6-17/h1-4,9,17-18H,5-6H2,(H,19,20). The van der Waals surface area contributed by atoms with E-state index in [9.17, 15) is 9.90 Å². The molecule has 2 aromatic rings. The summed E-state index contributed by atoms with van der Waals surface area (Å²) in [4.78, 5) is 11.2. The normalized spacial score (nSPS) is 12.3. The predicted molar refractivity (Wildman–Crippen MR) is 70.5 cm³/mol. The third kappa shape index (κ3) is 2.96. The lowest BCUT2D eigenvalue weighted by Crippen LogP contribution is -2.21. The summed E-state index contributed by atoms with van der Waals surface area (Å²) in [7, 11) is 0. The number of carbonyl (C=O) groups is 1. The fourth-order valence-electron chi connectivity index (χ4n) is 1.74. The Bertz CT molecular complexity index is 612. The summed E-state index contributed by atoms with van der Waals surface area (Å²) in [5.41, 5.74) is 0.584. The van der Waals surface area contributed by atoms with Crippen LogP contribution in [-0.4, -0.2) is 49.0 Å². The van der Waals surface area contributed by atoms with Crippen molar-refractivity contribution in [2.45, 2.75) is 12.6 Å². The summed E-state index contributed by atoms with van der Waals surface area (Å²) in [5.74, 6) is -1.22. The third-order valence-corrected chi connectivity index (χ3v) is 2.90. The SMILES string of the molecule is O=C(O)c1nnn(CC(O)CO)c1-c1ccc(Cl)cc1. The smallest absolute Gasteiger partial charge is 0.358 e. The van der Waals surface area contributed by atoms with E-state index >= 15 is 0 Å². The van der Waals surface area contributed by atoms with Crippen molar-refractivity contribution in [1.82, 2.24) is 15.0 Å². The number of benzene rings is 1. The first-order chi connectivity index (χ1) is 9.52. The van der Waals surface area contributed by atoms with Gasteiger partial charge in [0.2, 0.25) is 0 Å². The van der Waals surface area contributed by atoms with Crippen LogP contribution in [0.3, 0.4) is 0 Å². The zero-order valence-corrected chi connectivity index (χ0v) is 11.0. The van der Waals surface area contributed by atoms with Crippen LogP contribution in [0.1, 0.15) is 10.5 Å². The predicted octanol–water partition coefficient (Wildman–Crippen LogP) is 0.650. The molecule has 106 valence electrons. The van der Waals surface area contributed by atoms with E-state index in [1.807, 2.05) is 0 Å². The highest BCUT2D eigenvalue weighted by atomic mass is 35.5. The first-order valence-electron chi connectivity index (χ1n) is 5.74. The molecule has 3 N–H and O–H groups in total. The van der Waals surface area contributed by atoms with Crippen molar-refractivity contribution in [3.05, 3.63) is 35.0 Å². The molecule has 8 heteroatoms. The number of aromatic nitrogens is 3. The Morgan fingerprint density at radius 1 is 1.35 bits per heavy atom. The summed E-state index contributed by atoms with van der Waals surface area (Å²) >= 11 is 5.79. The number of rotatable bonds is 5. The minimum atomic E-state index is -1.22. The molecule has 0 amide bonds. The van der Waals surface area contributed by atoms with Crippen LogP contribution < -0.4 is 0 Å². The van der Waals surface area contributed by atoms with Crippen LogP contribution in [0.2, 0.25) is 5.02 Å². The average molecular weight is 298 g/mol. The molecular formula is C12H12ClN3O4. The molecule has 0 fully saturated rings. The Balaban J connectivity index is 2.49. The second-order valence-electron chi connectivity index (χ2n) is 4.12. The second-order valence-corrected chi connectivity index (χ2v) is 4.55. The number of aliphatic hydroxyl groups excluding tert-OH is 2. The molecule has 1 aromatic carbocycles. The summed E-state index contributed by atoms with van der Waals surface area (Å²) < 4.78 is 1.24. The van der Waals surface area contributed by atoms with Gasteiger partial charge in [-0.25, -0.2) is 9.48 Å². The van der Waals surface area contributed by atoms with E-state index in [2.05, 4.69) is 10.3 Å². The van der Waals surface area contributed by atoms with Gasteiger partial charge in [0, 0.05) is 10.6 Å². The quantitative estimate of drug-likeness (QED) is 0.748. The monoisotopic (exact) mass is 297 g/mol. The lowest BCUT2D eigenvalue weighted by molar-refractivity contribution is 0.0690. The van der Waals surface area contributed by atoms with Crippen LogP contribution in [0.25, 0.3) is 11.3 Å². The van der Waals surface area contributed by atoms with Crippen LogP contribution in [0, 0.1) is 0 Å². The first kappa shape index (κ1) is 14.4. The fourth-order valence-corrected chi connectivity index (χ4v) is 1.86. The molecule has 1 atom stereocenters. The van der Waals surface area contributed by atoms with Crippen molar-refractivity contribution in [1.29, 1.82) is 0 Å². The highest BCUT2D eigenvalue weighted by Gasteiger charge is 2.21. The third-order valence-electron chi connectivity index (χ3n) is 2.65. The maximum absolute atomic E-state index is 11.2. The summed E-state index contributed by atoms with van der Waals surface area (Å²) in [6.07, 6.45) is -1.05. The summed E-state index contributed by atoms with van der Waals surface area (Å²) in [6, 6.07) is 6.50. The second kappa shape index (κ2) is 6.00. The summed E-state index contributed by atoms with van der Waals surface area (Å²) in [5, 5.41) is 35.3. The topological polar surface area (TPSA) is 108 Å². The molecule has 0 saturated heterocycles. The Morgan fingerprint density at radius 3 is 2.55 bits per heavy atom. The number of aromatic carboxylic acids is 1. The minimum absolute atomic E-state index is 0.0608. The molecule has 1 unspecified atom stereocenters. The fraction of sp³-hybridized carbons (Fsp3) is 0.250. The van der Waals surface area contributed by atoms with E-state index in [0.717, 1.165) is 0 Å². The molecule has 0 spiro atoms. The average Bonchev–Trinajstić information content (AvgIpc) is 2.83. The number of carboxylic acid groups (broad SMARTS) is 1. The maximum Gasteiger partial charge on any atom is 0.358 e. The number of nitrogens with zero attached hydrogens (tertiary/aromatic N) is 3. The number of hydrogen-bond acceptors (Lipinski definition) is 5. The Kier molecular flexibility index (Phi) is 4.33.